The lowest BCUT2D eigenvalue weighted by Crippen LogP contribution is -2.16. The second-order valence-electron chi connectivity index (χ2n) is 5.06. The zero-order chi connectivity index (χ0) is 11.1. The summed E-state index contributed by atoms with van der Waals surface area (Å²) in [5.74, 6) is 0.969. The molecule has 0 N–H and O–H groups in total. The molecule has 0 radical (unpaired) electrons. The van der Waals surface area contributed by atoms with Gasteiger partial charge in [0.1, 0.15) is 5.75 Å². The number of rotatable bonds is 2. The molecule has 0 aromatic carbocycles. The average molecular weight is 317 g/mol. The van der Waals surface area contributed by atoms with Gasteiger partial charge in [0.25, 0.3) is 0 Å². The van der Waals surface area contributed by atoms with Crippen molar-refractivity contribution in [2.24, 2.45) is 0 Å². The minimum atomic E-state index is 0.115. The van der Waals surface area contributed by atoms with Gasteiger partial charge in [-0.2, -0.15) is 0 Å². The number of hydrogen-bond donors (Lipinski definition) is 0. The van der Waals surface area contributed by atoms with Crippen LogP contribution in [-0.2, 0) is 5.41 Å². The van der Waals surface area contributed by atoms with Crippen molar-refractivity contribution in [1.82, 2.24) is 4.98 Å². The van der Waals surface area contributed by atoms with Crippen LogP contribution in [-0.4, -0.2) is 11.1 Å². The lowest BCUT2D eigenvalue weighted by atomic mass is 9.87. The van der Waals surface area contributed by atoms with Gasteiger partial charge in [0.05, 0.1) is 12.3 Å². The van der Waals surface area contributed by atoms with Gasteiger partial charge >= 0.3 is 0 Å². The fraction of sp³-hybridized carbons (Fsp3) is 0.583. The van der Waals surface area contributed by atoms with E-state index in [0.29, 0.717) is 6.10 Å². The summed E-state index contributed by atoms with van der Waals surface area (Å²) in [6.45, 7) is 6.64. The minimum Gasteiger partial charge on any atom is -0.488 e. The molecule has 0 spiro atoms. The lowest BCUT2D eigenvalue weighted by molar-refractivity contribution is 0.293. The molecule has 3 heteroatoms. The predicted molar refractivity (Wildman–Crippen MR) is 69.3 cm³/mol. The monoisotopic (exact) mass is 317 g/mol. The third-order valence-corrected chi connectivity index (χ3v) is 3.25. The molecule has 0 bridgehead atoms. The van der Waals surface area contributed by atoms with Gasteiger partial charge in [0.2, 0.25) is 0 Å². The molecule has 0 amide bonds. The normalized spacial score (nSPS) is 16.5. The molecule has 1 heterocycles. The van der Waals surface area contributed by atoms with Crippen LogP contribution in [0.5, 0.6) is 5.75 Å². The number of pyridine rings is 1. The van der Waals surface area contributed by atoms with Gasteiger partial charge < -0.3 is 4.74 Å². The van der Waals surface area contributed by atoms with Crippen LogP contribution < -0.4 is 4.74 Å². The van der Waals surface area contributed by atoms with Crippen molar-refractivity contribution in [3.63, 3.8) is 0 Å². The van der Waals surface area contributed by atoms with Crippen molar-refractivity contribution in [2.45, 2.75) is 45.1 Å². The molecular formula is C12H16INO. The Balaban J connectivity index is 2.38. The number of ether oxygens (including phenoxy) is 1. The van der Waals surface area contributed by atoms with Crippen molar-refractivity contribution in [3.05, 3.63) is 21.5 Å². The van der Waals surface area contributed by atoms with E-state index in [2.05, 4.69) is 48.3 Å². The summed E-state index contributed by atoms with van der Waals surface area (Å²) in [5.41, 5.74) is 1.40. The fourth-order valence-corrected chi connectivity index (χ4v) is 2.84. The smallest absolute Gasteiger partial charge is 0.142 e. The molecule has 15 heavy (non-hydrogen) atoms. The topological polar surface area (TPSA) is 22.1 Å². The second-order valence-corrected chi connectivity index (χ2v) is 6.22. The molecule has 1 aliphatic rings. The van der Waals surface area contributed by atoms with Crippen LogP contribution in [0.3, 0.4) is 0 Å². The van der Waals surface area contributed by atoms with Crippen LogP contribution >= 0.6 is 22.6 Å². The first-order valence-corrected chi connectivity index (χ1v) is 6.37. The predicted octanol–water partition coefficient (Wildman–Crippen LogP) is 3.52. The molecule has 82 valence electrons. The van der Waals surface area contributed by atoms with Crippen LogP contribution in [0.4, 0.5) is 0 Å². The second kappa shape index (κ2) is 3.92. The summed E-state index contributed by atoms with van der Waals surface area (Å²) in [6, 6.07) is 0. The summed E-state index contributed by atoms with van der Waals surface area (Å²) < 4.78 is 7.09. The first-order chi connectivity index (χ1) is 6.98. The van der Waals surface area contributed by atoms with Gasteiger partial charge in [-0.3, -0.25) is 4.98 Å². The Morgan fingerprint density at radius 1 is 1.33 bits per heavy atom. The first-order valence-electron chi connectivity index (χ1n) is 5.29. The van der Waals surface area contributed by atoms with E-state index < -0.39 is 0 Å². The quantitative estimate of drug-likeness (QED) is 0.779. The van der Waals surface area contributed by atoms with Crippen molar-refractivity contribution >= 4 is 22.6 Å². The third kappa shape index (κ3) is 2.62. The lowest BCUT2D eigenvalue weighted by Gasteiger charge is -2.23. The summed E-state index contributed by atoms with van der Waals surface area (Å²) >= 11 is 2.34. The summed E-state index contributed by atoms with van der Waals surface area (Å²) in [4.78, 5) is 4.21. The Morgan fingerprint density at radius 3 is 2.53 bits per heavy atom. The van der Waals surface area contributed by atoms with Gasteiger partial charge in [-0.05, 0) is 40.8 Å². The highest BCUT2D eigenvalue weighted by Gasteiger charge is 2.28. The van der Waals surface area contributed by atoms with Crippen LogP contribution in [0.25, 0.3) is 0 Å². The summed E-state index contributed by atoms with van der Waals surface area (Å²) in [7, 11) is 0. The molecule has 0 atom stereocenters. The van der Waals surface area contributed by atoms with Gasteiger partial charge in [-0.25, -0.2) is 0 Å². The zero-order valence-corrected chi connectivity index (χ0v) is 11.5. The van der Waals surface area contributed by atoms with Crippen LogP contribution in [0.15, 0.2) is 12.4 Å². The van der Waals surface area contributed by atoms with Gasteiger partial charge in [-0.1, -0.05) is 20.8 Å². The van der Waals surface area contributed by atoms with E-state index in [1.54, 1.807) is 0 Å². The maximum atomic E-state index is 5.90. The molecule has 1 fully saturated rings. The van der Waals surface area contributed by atoms with E-state index >= 15 is 0 Å². The maximum Gasteiger partial charge on any atom is 0.142 e. The van der Waals surface area contributed by atoms with Gasteiger partial charge in [0.15, 0.2) is 0 Å². The molecule has 1 aliphatic carbocycles. The largest absolute Gasteiger partial charge is 0.488 e. The van der Waals surface area contributed by atoms with Crippen LogP contribution in [0, 0.1) is 3.57 Å². The standard InChI is InChI=1S/C12H16INO/c1-12(2,3)11-9(13)6-14-7-10(11)15-8-4-5-8/h6-8H,4-5H2,1-3H3. The maximum absolute atomic E-state index is 5.90. The molecule has 1 aromatic rings. The number of aromatic nitrogens is 1. The molecule has 1 aromatic heterocycles. The van der Waals surface area contributed by atoms with Crippen LogP contribution in [0.2, 0.25) is 0 Å². The van der Waals surface area contributed by atoms with Crippen molar-refractivity contribution in [1.29, 1.82) is 0 Å². The van der Waals surface area contributed by atoms with E-state index in [1.807, 2.05) is 12.4 Å². The van der Waals surface area contributed by atoms with Crippen molar-refractivity contribution in [3.8, 4) is 5.75 Å². The van der Waals surface area contributed by atoms with Gasteiger partial charge in [-0.15, -0.1) is 0 Å². The van der Waals surface area contributed by atoms with Gasteiger partial charge in [0, 0.05) is 15.3 Å². The highest BCUT2D eigenvalue weighted by molar-refractivity contribution is 14.1. The summed E-state index contributed by atoms with van der Waals surface area (Å²) in [5, 5.41) is 0. The molecule has 2 nitrogen and oxygen atoms in total. The minimum absolute atomic E-state index is 0.115. The molecule has 0 unspecified atom stereocenters. The van der Waals surface area contributed by atoms with Crippen LogP contribution in [0.1, 0.15) is 39.2 Å². The molecule has 1 saturated carbocycles. The average Bonchev–Trinajstić information content (AvgIpc) is 2.85. The third-order valence-electron chi connectivity index (χ3n) is 2.43. The summed E-state index contributed by atoms with van der Waals surface area (Å²) in [6.07, 6.45) is 6.57. The Morgan fingerprint density at radius 2 is 2.00 bits per heavy atom. The molecule has 0 saturated heterocycles. The first kappa shape index (κ1) is 11.2. The molecule has 2 rings (SSSR count). The Bertz CT molecular complexity index is 366. The van der Waals surface area contributed by atoms with E-state index in [-0.39, 0.29) is 5.41 Å². The fourth-order valence-electron chi connectivity index (χ4n) is 1.60. The highest BCUT2D eigenvalue weighted by Crippen LogP contribution is 2.37. The Kier molecular flexibility index (Phi) is 2.92. The SMILES string of the molecule is CC(C)(C)c1c(I)cncc1OC1CC1. The molecule has 0 aliphatic heterocycles. The van der Waals surface area contributed by atoms with Crippen molar-refractivity contribution in [2.75, 3.05) is 0 Å². The van der Waals surface area contributed by atoms with E-state index in [0.717, 1.165) is 5.75 Å². The zero-order valence-electron chi connectivity index (χ0n) is 9.38. The van der Waals surface area contributed by atoms with E-state index in [1.165, 1.54) is 22.0 Å². The van der Waals surface area contributed by atoms with E-state index in [4.69, 9.17) is 4.74 Å². The highest BCUT2D eigenvalue weighted by atomic mass is 127. The van der Waals surface area contributed by atoms with Crippen molar-refractivity contribution < 1.29 is 4.74 Å². The number of hydrogen-bond acceptors (Lipinski definition) is 2. The Hall–Kier alpha value is -0.320. The number of halogens is 1. The van der Waals surface area contributed by atoms with E-state index in [9.17, 15) is 0 Å². The molecular weight excluding hydrogens is 301 g/mol. The number of nitrogens with zero attached hydrogens (tertiary/aromatic N) is 1. The Labute approximate surface area is 105 Å².